The predicted molar refractivity (Wildman–Crippen MR) is 78.0 cm³/mol. The first-order valence-corrected chi connectivity index (χ1v) is 7.20. The van der Waals surface area contributed by atoms with Crippen molar-refractivity contribution in [2.45, 2.75) is 38.6 Å². The van der Waals surface area contributed by atoms with E-state index in [1.54, 1.807) is 12.5 Å². The third kappa shape index (κ3) is 2.28. The van der Waals surface area contributed by atoms with Crippen LogP contribution in [0.5, 0.6) is 0 Å². The number of aromatic nitrogens is 4. The van der Waals surface area contributed by atoms with Crippen molar-refractivity contribution >= 4 is 5.69 Å². The second-order valence-electron chi connectivity index (χ2n) is 5.99. The standard InChI is InChI=1S/C15H21N5/c1-10-5-12(13-3-4-17-7-14(13)16)6-11(2)15(10)20-9-18-8-19-20/h3-4,7-12,15H,5-6,16H2,1-2H3/t10-,11+,12+,15-. The molecular formula is C15H21N5. The molecule has 0 aliphatic heterocycles. The molecule has 3 rings (SSSR count). The number of nitrogen functional groups attached to an aromatic ring is 1. The SMILES string of the molecule is C[C@@H]1C[C@H](c2ccncc2N)C[C@H](C)[C@@H]1n1cncn1. The highest BCUT2D eigenvalue weighted by Gasteiger charge is 2.35. The van der Waals surface area contributed by atoms with Gasteiger partial charge in [0.25, 0.3) is 0 Å². The Hall–Kier alpha value is -1.91. The molecule has 2 heterocycles. The first kappa shape index (κ1) is 13.1. The van der Waals surface area contributed by atoms with E-state index in [0.29, 0.717) is 23.8 Å². The summed E-state index contributed by atoms with van der Waals surface area (Å²) in [5.74, 6) is 1.62. The molecule has 1 aliphatic carbocycles. The van der Waals surface area contributed by atoms with Crippen LogP contribution < -0.4 is 5.73 Å². The monoisotopic (exact) mass is 271 g/mol. The van der Waals surface area contributed by atoms with Crippen molar-refractivity contribution in [2.24, 2.45) is 11.8 Å². The van der Waals surface area contributed by atoms with E-state index in [-0.39, 0.29) is 0 Å². The first-order valence-electron chi connectivity index (χ1n) is 7.20. The van der Waals surface area contributed by atoms with Gasteiger partial charge in [-0.15, -0.1) is 0 Å². The normalized spacial score (nSPS) is 30.3. The summed E-state index contributed by atoms with van der Waals surface area (Å²) >= 11 is 0. The molecule has 0 radical (unpaired) electrons. The van der Waals surface area contributed by atoms with Gasteiger partial charge in [-0.05, 0) is 42.2 Å². The number of rotatable bonds is 2. The molecule has 20 heavy (non-hydrogen) atoms. The van der Waals surface area contributed by atoms with Crippen LogP contribution in [-0.2, 0) is 0 Å². The van der Waals surface area contributed by atoms with Gasteiger partial charge in [0.05, 0.1) is 17.9 Å². The minimum absolute atomic E-state index is 0.428. The number of nitrogens with two attached hydrogens (primary N) is 1. The zero-order valence-corrected chi connectivity index (χ0v) is 12.0. The highest BCUT2D eigenvalue weighted by molar-refractivity contribution is 5.46. The molecule has 2 aromatic heterocycles. The van der Waals surface area contributed by atoms with Crippen molar-refractivity contribution in [1.29, 1.82) is 0 Å². The molecule has 0 unspecified atom stereocenters. The average molecular weight is 271 g/mol. The Kier molecular flexibility index (Phi) is 3.42. The van der Waals surface area contributed by atoms with Crippen molar-refractivity contribution in [1.82, 2.24) is 19.7 Å². The van der Waals surface area contributed by atoms with Crippen LogP contribution in [-0.4, -0.2) is 19.7 Å². The fourth-order valence-corrected chi connectivity index (χ4v) is 3.77. The first-order chi connectivity index (χ1) is 9.66. The summed E-state index contributed by atoms with van der Waals surface area (Å²) in [7, 11) is 0. The molecular weight excluding hydrogens is 250 g/mol. The smallest absolute Gasteiger partial charge is 0.137 e. The number of pyridine rings is 1. The van der Waals surface area contributed by atoms with Crippen molar-refractivity contribution in [3.63, 3.8) is 0 Å². The van der Waals surface area contributed by atoms with E-state index < -0.39 is 0 Å². The van der Waals surface area contributed by atoms with Crippen molar-refractivity contribution < 1.29 is 0 Å². The topological polar surface area (TPSA) is 69.6 Å². The van der Waals surface area contributed by atoms with E-state index in [4.69, 9.17) is 5.73 Å². The van der Waals surface area contributed by atoms with Crippen LogP contribution in [0.25, 0.3) is 0 Å². The Morgan fingerprint density at radius 1 is 1.20 bits per heavy atom. The molecule has 0 bridgehead atoms. The van der Waals surface area contributed by atoms with Crippen LogP contribution in [0, 0.1) is 11.8 Å². The predicted octanol–water partition coefficient (Wildman–Crippen LogP) is 2.65. The van der Waals surface area contributed by atoms with Gasteiger partial charge in [-0.2, -0.15) is 5.10 Å². The van der Waals surface area contributed by atoms with E-state index >= 15 is 0 Å². The molecule has 106 valence electrons. The van der Waals surface area contributed by atoms with Crippen LogP contribution in [0.4, 0.5) is 5.69 Å². The Morgan fingerprint density at radius 3 is 2.55 bits per heavy atom. The highest BCUT2D eigenvalue weighted by Crippen LogP contribution is 2.45. The van der Waals surface area contributed by atoms with Gasteiger partial charge in [0.2, 0.25) is 0 Å². The van der Waals surface area contributed by atoms with Crippen molar-refractivity contribution in [3.05, 3.63) is 36.7 Å². The zero-order chi connectivity index (χ0) is 14.1. The van der Waals surface area contributed by atoms with E-state index in [1.807, 2.05) is 17.2 Å². The Bertz CT molecular complexity index is 553. The van der Waals surface area contributed by atoms with E-state index in [2.05, 4.69) is 35.0 Å². The molecule has 1 saturated carbocycles. The van der Waals surface area contributed by atoms with Crippen LogP contribution in [0.3, 0.4) is 0 Å². The maximum absolute atomic E-state index is 6.08. The number of hydrogen-bond acceptors (Lipinski definition) is 4. The summed E-state index contributed by atoms with van der Waals surface area (Å²) in [5, 5.41) is 4.33. The molecule has 2 N–H and O–H groups in total. The van der Waals surface area contributed by atoms with Gasteiger partial charge < -0.3 is 5.73 Å². The summed E-state index contributed by atoms with van der Waals surface area (Å²) in [4.78, 5) is 8.17. The summed E-state index contributed by atoms with van der Waals surface area (Å²) in [6.07, 6.45) is 9.30. The summed E-state index contributed by atoms with van der Waals surface area (Å²) in [5.41, 5.74) is 8.14. The van der Waals surface area contributed by atoms with Crippen molar-refractivity contribution in [3.8, 4) is 0 Å². The lowest BCUT2D eigenvalue weighted by molar-refractivity contribution is 0.152. The van der Waals surface area contributed by atoms with Gasteiger partial charge in [0.1, 0.15) is 12.7 Å². The van der Waals surface area contributed by atoms with Crippen LogP contribution in [0.2, 0.25) is 0 Å². The number of hydrogen-bond donors (Lipinski definition) is 1. The fraction of sp³-hybridized carbons (Fsp3) is 0.533. The van der Waals surface area contributed by atoms with Gasteiger partial charge in [0.15, 0.2) is 0 Å². The van der Waals surface area contributed by atoms with Crippen LogP contribution in [0.1, 0.15) is 44.2 Å². The molecule has 1 aliphatic rings. The van der Waals surface area contributed by atoms with Gasteiger partial charge in [0, 0.05) is 6.20 Å². The molecule has 4 atom stereocenters. The molecule has 5 heteroatoms. The third-order valence-corrected chi connectivity index (χ3v) is 4.55. The maximum Gasteiger partial charge on any atom is 0.137 e. The van der Waals surface area contributed by atoms with E-state index in [9.17, 15) is 0 Å². The lowest BCUT2D eigenvalue weighted by Crippen LogP contribution is -2.32. The van der Waals surface area contributed by atoms with E-state index in [1.165, 1.54) is 5.56 Å². The third-order valence-electron chi connectivity index (χ3n) is 4.55. The summed E-state index contributed by atoms with van der Waals surface area (Å²) in [6, 6.07) is 2.49. The Morgan fingerprint density at radius 2 is 1.95 bits per heavy atom. The summed E-state index contributed by atoms with van der Waals surface area (Å²) < 4.78 is 2.02. The van der Waals surface area contributed by atoms with Crippen LogP contribution in [0.15, 0.2) is 31.1 Å². The zero-order valence-electron chi connectivity index (χ0n) is 12.0. The molecule has 0 saturated heterocycles. The average Bonchev–Trinajstić information content (AvgIpc) is 2.92. The molecule has 1 fully saturated rings. The van der Waals surface area contributed by atoms with Gasteiger partial charge >= 0.3 is 0 Å². The van der Waals surface area contributed by atoms with Gasteiger partial charge in [-0.25, -0.2) is 9.67 Å². The van der Waals surface area contributed by atoms with Gasteiger partial charge in [-0.1, -0.05) is 13.8 Å². The Labute approximate surface area is 119 Å². The lowest BCUT2D eigenvalue weighted by atomic mass is 9.71. The molecule has 0 aromatic carbocycles. The van der Waals surface area contributed by atoms with Crippen LogP contribution >= 0.6 is 0 Å². The quantitative estimate of drug-likeness (QED) is 0.911. The molecule has 0 spiro atoms. The number of nitrogens with zero attached hydrogens (tertiary/aromatic N) is 4. The second-order valence-corrected chi connectivity index (χ2v) is 5.99. The number of anilines is 1. The summed E-state index contributed by atoms with van der Waals surface area (Å²) in [6.45, 7) is 4.60. The largest absolute Gasteiger partial charge is 0.397 e. The fourth-order valence-electron chi connectivity index (χ4n) is 3.77. The second kappa shape index (κ2) is 5.23. The minimum Gasteiger partial charge on any atom is -0.397 e. The van der Waals surface area contributed by atoms with Crippen molar-refractivity contribution in [2.75, 3.05) is 5.73 Å². The maximum atomic E-state index is 6.08. The molecule has 2 aromatic rings. The van der Waals surface area contributed by atoms with Gasteiger partial charge in [-0.3, -0.25) is 4.98 Å². The minimum atomic E-state index is 0.428. The molecule has 5 nitrogen and oxygen atoms in total. The molecule has 0 amide bonds. The highest BCUT2D eigenvalue weighted by atomic mass is 15.3. The van der Waals surface area contributed by atoms with E-state index in [0.717, 1.165) is 18.5 Å². The lowest BCUT2D eigenvalue weighted by Gasteiger charge is -2.39. The Balaban J connectivity index is 1.83.